The Morgan fingerprint density at radius 2 is 1.43 bits per heavy atom. The molecule has 37 heavy (non-hydrogen) atoms. The average molecular weight is 509 g/mol. The highest BCUT2D eigenvalue weighted by Crippen LogP contribution is 2.33. The molecule has 1 aliphatic rings. The Labute approximate surface area is 220 Å². The van der Waals surface area contributed by atoms with Crippen LogP contribution in [0.25, 0.3) is 11.1 Å². The Kier molecular flexibility index (Phi) is 9.29. The minimum Gasteiger partial charge on any atom is -0.444 e. The summed E-state index contributed by atoms with van der Waals surface area (Å²) in [5, 5.41) is 4.99. The van der Waals surface area contributed by atoms with Gasteiger partial charge in [-0.1, -0.05) is 43.5 Å². The van der Waals surface area contributed by atoms with E-state index in [1.165, 1.54) is 37.7 Å². The number of alkyl carbamates (subject to hydrolysis) is 2. The van der Waals surface area contributed by atoms with Crippen LogP contribution in [0.3, 0.4) is 0 Å². The monoisotopic (exact) mass is 508 g/mol. The number of nitrogens with one attached hydrogen (secondary N) is 2. The number of pyridine rings is 1. The quantitative estimate of drug-likeness (QED) is 0.353. The number of aromatic nitrogens is 1. The molecular weight excluding hydrogens is 468 g/mol. The zero-order valence-corrected chi connectivity index (χ0v) is 22.9. The van der Waals surface area contributed by atoms with E-state index in [2.05, 4.69) is 44.9 Å². The van der Waals surface area contributed by atoms with Gasteiger partial charge in [-0.05, 0) is 89.1 Å². The maximum atomic E-state index is 12.3. The van der Waals surface area contributed by atoms with Gasteiger partial charge in [0.2, 0.25) is 5.96 Å². The number of amides is 2. The smallest absolute Gasteiger partial charge is 0.414 e. The Hall–Kier alpha value is -3.42. The van der Waals surface area contributed by atoms with Crippen molar-refractivity contribution in [3.63, 3.8) is 0 Å². The molecule has 3 rings (SSSR count). The standard InChI is InChI=1S/C29H40N4O4/c1-28(2,3)36-26(34)32-25(33-27(35)37-29(4,5)6)31-19-24-18-23(16-17-30-24)22-14-12-21(13-15-22)20-10-8-7-9-11-20/h12-18,20H,7-11,19H2,1-6H3,(H2,31,32,33,34,35). The van der Waals surface area contributed by atoms with E-state index in [-0.39, 0.29) is 12.5 Å². The molecule has 0 radical (unpaired) electrons. The first-order valence-corrected chi connectivity index (χ1v) is 13.0. The Morgan fingerprint density at radius 3 is 1.97 bits per heavy atom. The highest BCUT2D eigenvalue weighted by molar-refractivity contribution is 6.01. The third-order valence-electron chi connectivity index (χ3n) is 5.78. The largest absolute Gasteiger partial charge is 0.444 e. The van der Waals surface area contributed by atoms with Gasteiger partial charge in [-0.3, -0.25) is 15.6 Å². The fourth-order valence-corrected chi connectivity index (χ4v) is 4.20. The number of aliphatic imine (C=N–C) groups is 1. The number of ether oxygens (including phenoxy) is 2. The number of rotatable bonds is 4. The Balaban J connectivity index is 1.73. The molecular formula is C29H40N4O4. The molecule has 2 N–H and O–H groups in total. The number of hydrogen-bond acceptors (Lipinski definition) is 6. The molecule has 1 aromatic carbocycles. The second-order valence-electron chi connectivity index (χ2n) is 11.4. The minimum absolute atomic E-state index is 0.0764. The summed E-state index contributed by atoms with van der Waals surface area (Å²) >= 11 is 0. The summed E-state index contributed by atoms with van der Waals surface area (Å²) < 4.78 is 10.6. The fraction of sp³-hybridized carbons (Fsp3) is 0.517. The molecule has 1 heterocycles. The third-order valence-corrected chi connectivity index (χ3v) is 5.78. The van der Waals surface area contributed by atoms with E-state index in [0.717, 1.165) is 11.1 Å². The third kappa shape index (κ3) is 9.86. The highest BCUT2D eigenvalue weighted by atomic mass is 16.6. The molecule has 2 amide bonds. The molecule has 0 spiro atoms. The van der Waals surface area contributed by atoms with Crippen molar-refractivity contribution >= 4 is 18.1 Å². The van der Waals surface area contributed by atoms with Gasteiger partial charge in [-0.25, -0.2) is 14.6 Å². The van der Waals surface area contributed by atoms with E-state index in [1.54, 1.807) is 47.7 Å². The lowest BCUT2D eigenvalue weighted by atomic mass is 9.84. The van der Waals surface area contributed by atoms with Crippen LogP contribution in [0.1, 0.15) is 90.8 Å². The van der Waals surface area contributed by atoms with E-state index < -0.39 is 23.4 Å². The van der Waals surface area contributed by atoms with Crippen LogP contribution in [0.5, 0.6) is 0 Å². The lowest BCUT2D eigenvalue weighted by Crippen LogP contribution is -2.47. The van der Waals surface area contributed by atoms with Gasteiger partial charge in [0.15, 0.2) is 0 Å². The van der Waals surface area contributed by atoms with Crippen LogP contribution in [0.15, 0.2) is 47.6 Å². The van der Waals surface area contributed by atoms with E-state index in [0.29, 0.717) is 11.6 Å². The first-order valence-electron chi connectivity index (χ1n) is 13.0. The summed E-state index contributed by atoms with van der Waals surface area (Å²) in [4.78, 5) is 33.4. The Morgan fingerprint density at radius 1 is 0.865 bits per heavy atom. The van der Waals surface area contributed by atoms with E-state index in [9.17, 15) is 9.59 Å². The first-order chi connectivity index (χ1) is 17.4. The summed E-state index contributed by atoms with van der Waals surface area (Å²) in [6.07, 6.45) is 6.78. The van der Waals surface area contributed by atoms with Gasteiger partial charge in [-0.15, -0.1) is 0 Å². The van der Waals surface area contributed by atoms with E-state index in [1.807, 2.05) is 12.1 Å². The second-order valence-corrected chi connectivity index (χ2v) is 11.4. The van der Waals surface area contributed by atoms with Crippen molar-refractivity contribution in [3.8, 4) is 11.1 Å². The number of carbonyl (C=O) groups excluding carboxylic acids is 2. The summed E-state index contributed by atoms with van der Waals surface area (Å²) in [5.74, 6) is 0.589. The molecule has 8 nitrogen and oxygen atoms in total. The van der Waals surface area contributed by atoms with Gasteiger partial charge in [-0.2, -0.15) is 0 Å². The molecule has 0 aliphatic heterocycles. The maximum absolute atomic E-state index is 12.3. The number of guanidine groups is 1. The number of hydrogen-bond donors (Lipinski definition) is 2. The van der Waals surface area contributed by atoms with Crippen LogP contribution >= 0.6 is 0 Å². The van der Waals surface area contributed by atoms with Crippen molar-refractivity contribution in [1.29, 1.82) is 0 Å². The summed E-state index contributed by atoms with van der Waals surface area (Å²) in [6.45, 7) is 10.6. The van der Waals surface area contributed by atoms with Crippen molar-refractivity contribution in [2.75, 3.05) is 0 Å². The molecule has 1 aliphatic carbocycles. The van der Waals surface area contributed by atoms with Crippen LogP contribution in [0, 0.1) is 0 Å². The number of nitrogens with zero attached hydrogens (tertiary/aromatic N) is 2. The average Bonchev–Trinajstić information content (AvgIpc) is 2.81. The SMILES string of the molecule is CC(C)(C)OC(=O)NC(=NCc1cc(-c2ccc(C3CCCCC3)cc2)ccn1)NC(=O)OC(C)(C)C. The molecule has 0 unspecified atom stereocenters. The lowest BCUT2D eigenvalue weighted by molar-refractivity contribution is 0.0545. The predicted molar refractivity (Wildman–Crippen MR) is 145 cm³/mol. The molecule has 2 aromatic rings. The normalized spacial score (nSPS) is 14.4. The molecule has 0 atom stereocenters. The van der Waals surface area contributed by atoms with E-state index in [4.69, 9.17) is 9.47 Å². The van der Waals surface area contributed by atoms with Crippen LogP contribution in [0.4, 0.5) is 9.59 Å². The topological polar surface area (TPSA) is 102 Å². The fourth-order valence-electron chi connectivity index (χ4n) is 4.20. The molecule has 0 saturated heterocycles. The predicted octanol–water partition coefficient (Wildman–Crippen LogP) is 6.70. The van der Waals surface area contributed by atoms with Crippen molar-refractivity contribution in [1.82, 2.24) is 15.6 Å². The maximum Gasteiger partial charge on any atom is 0.414 e. The van der Waals surface area contributed by atoms with Gasteiger partial charge in [0.25, 0.3) is 0 Å². The van der Waals surface area contributed by atoms with Crippen LogP contribution in [-0.4, -0.2) is 34.3 Å². The van der Waals surface area contributed by atoms with Crippen molar-refractivity contribution in [3.05, 3.63) is 53.9 Å². The molecule has 8 heteroatoms. The van der Waals surface area contributed by atoms with E-state index >= 15 is 0 Å². The van der Waals surface area contributed by atoms with Crippen LogP contribution < -0.4 is 10.6 Å². The molecule has 1 saturated carbocycles. The van der Waals surface area contributed by atoms with Gasteiger partial charge < -0.3 is 9.47 Å². The van der Waals surface area contributed by atoms with Gasteiger partial charge in [0, 0.05) is 6.20 Å². The number of benzene rings is 1. The molecule has 1 fully saturated rings. The molecule has 200 valence electrons. The minimum atomic E-state index is -0.734. The zero-order valence-electron chi connectivity index (χ0n) is 22.9. The lowest BCUT2D eigenvalue weighted by Gasteiger charge is -2.22. The summed E-state index contributed by atoms with van der Waals surface area (Å²) in [7, 11) is 0. The van der Waals surface area contributed by atoms with Crippen molar-refractivity contribution < 1.29 is 19.1 Å². The second kappa shape index (κ2) is 12.2. The number of carbonyl (C=O) groups is 2. The van der Waals surface area contributed by atoms with Gasteiger partial charge in [0.05, 0.1) is 12.2 Å². The summed E-state index contributed by atoms with van der Waals surface area (Å²) in [5.41, 5.74) is 2.81. The zero-order chi connectivity index (χ0) is 27.1. The van der Waals surface area contributed by atoms with Crippen LogP contribution in [0.2, 0.25) is 0 Å². The Bertz CT molecular complexity index is 1060. The van der Waals surface area contributed by atoms with Crippen molar-refractivity contribution in [2.45, 2.75) is 97.3 Å². The van der Waals surface area contributed by atoms with Gasteiger partial charge in [0.1, 0.15) is 11.2 Å². The highest BCUT2D eigenvalue weighted by Gasteiger charge is 2.21. The first kappa shape index (κ1) is 28.2. The van der Waals surface area contributed by atoms with Crippen LogP contribution in [-0.2, 0) is 16.0 Å². The van der Waals surface area contributed by atoms with Crippen molar-refractivity contribution in [2.24, 2.45) is 4.99 Å². The molecule has 0 bridgehead atoms. The summed E-state index contributed by atoms with van der Waals surface area (Å²) in [6, 6.07) is 12.7. The molecule has 1 aromatic heterocycles. The van der Waals surface area contributed by atoms with Gasteiger partial charge >= 0.3 is 12.2 Å².